The highest BCUT2D eigenvalue weighted by molar-refractivity contribution is 6.33. The lowest BCUT2D eigenvalue weighted by Gasteiger charge is -2.20. The highest BCUT2D eigenvalue weighted by Gasteiger charge is 2.05. The lowest BCUT2D eigenvalue weighted by Crippen LogP contribution is -2.18. The normalized spacial score (nSPS) is 10.4. The molecule has 0 aliphatic carbocycles. The van der Waals surface area contributed by atoms with E-state index < -0.39 is 0 Å². The van der Waals surface area contributed by atoms with Gasteiger partial charge in [-0.3, -0.25) is 0 Å². The Bertz CT molecular complexity index is 312. The number of benzene rings is 1. The van der Waals surface area contributed by atoms with E-state index in [0.717, 1.165) is 30.1 Å². The third-order valence-corrected chi connectivity index (χ3v) is 2.72. The van der Waals surface area contributed by atoms with Crippen LogP contribution in [0.2, 0.25) is 5.02 Å². The van der Waals surface area contributed by atoms with E-state index >= 15 is 0 Å². The van der Waals surface area contributed by atoms with E-state index in [1.54, 1.807) is 0 Å². The summed E-state index contributed by atoms with van der Waals surface area (Å²) in [5, 5.41) is 0.817. The minimum Gasteiger partial charge on any atom is -0.373 e. The van der Waals surface area contributed by atoms with Gasteiger partial charge in [0.25, 0.3) is 0 Å². The van der Waals surface area contributed by atoms with Crippen LogP contribution in [0.3, 0.4) is 0 Å². The number of anilines is 1. The minimum absolute atomic E-state index is 0.667. The highest BCUT2D eigenvalue weighted by atomic mass is 35.5. The van der Waals surface area contributed by atoms with Gasteiger partial charge in [-0.1, -0.05) is 24.6 Å². The maximum atomic E-state index is 6.21. The third-order valence-electron chi connectivity index (χ3n) is 2.42. The zero-order chi connectivity index (χ0) is 11.3. The molecule has 1 rings (SSSR count). The van der Waals surface area contributed by atoms with Crippen molar-refractivity contribution in [3.63, 3.8) is 0 Å². The monoisotopic (exact) mass is 226 g/mol. The minimum atomic E-state index is 0.667. The predicted octanol–water partition coefficient (Wildman–Crippen LogP) is 2.69. The number of nitrogens with zero attached hydrogens (tertiary/aromatic N) is 1. The van der Waals surface area contributed by atoms with E-state index in [4.69, 9.17) is 17.3 Å². The van der Waals surface area contributed by atoms with Crippen LogP contribution >= 0.6 is 11.6 Å². The van der Waals surface area contributed by atoms with Gasteiger partial charge in [-0.25, -0.2) is 0 Å². The third kappa shape index (κ3) is 3.40. The van der Waals surface area contributed by atoms with Crippen LogP contribution < -0.4 is 10.6 Å². The molecular weight excluding hydrogens is 208 g/mol. The zero-order valence-corrected chi connectivity index (χ0v) is 10.2. The van der Waals surface area contributed by atoms with Gasteiger partial charge in [0, 0.05) is 13.6 Å². The molecule has 0 saturated carbocycles. The maximum Gasteiger partial charge on any atom is 0.0642 e. The molecule has 1 aromatic carbocycles. The van der Waals surface area contributed by atoms with Gasteiger partial charge in [-0.05, 0) is 37.1 Å². The lowest BCUT2D eigenvalue weighted by atomic mass is 10.1. The quantitative estimate of drug-likeness (QED) is 0.837. The molecule has 0 unspecified atom stereocenters. The summed E-state index contributed by atoms with van der Waals surface area (Å²) < 4.78 is 0. The SMILES string of the molecule is CCCN(C)c1ccc(CCN)cc1Cl. The average Bonchev–Trinajstić information content (AvgIpc) is 2.18. The van der Waals surface area contributed by atoms with E-state index in [1.807, 2.05) is 6.07 Å². The second-order valence-corrected chi connectivity index (χ2v) is 4.15. The summed E-state index contributed by atoms with van der Waals surface area (Å²) in [5.41, 5.74) is 7.80. The molecule has 0 amide bonds. The topological polar surface area (TPSA) is 29.3 Å². The van der Waals surface area contributed by atoms with Crippen molar-refractivity contribution in [2.24, 2.45) is 5.73 Å². The molecule has 0 aliphatic heterocycles. The van der Waals surface area contributed by atoms with Crippen molar-refractivity contribution < 1.29 is 0 Å². The molecule has 84 valence electrons. The van der Waals surface area contributed by atoms with Gasteiger partial charge in [0.05, 0.1) is 10.7 Å². The van der Waals surface area contributed by atoms with Crippen LogP contribution in [-0.4, -0.2) is 20.1 Å². The van der Waals surface area contributed by atoms with Gasteiger partial charge in [0.2, 0.25) is 0 Å². The molecule has 2 N–H and O–H groups in total. The first-order valence-electron chi connectivity index (χ1n) is 5.38. The Morgan fingerprint density at radius 2 is 2.13 bits per heavy atom. The van der Waals surface area contributed by atoms with E-state index in [-0.39, 0.29) is 0 Å². The van der Waals surface area contributed by atoms with Crippen LogP contribution in [-0.2, 0) is 6.42 Å². The van der Waals surface area contributed by atoms with Gasteiger partial charge in [0.1, 0.15) is 0 Å². The van der Waals surface area contributed by atoms with E-state index in [9.17, 15) is 0 Å². The molecule has 0 fully saturated rings. The van der Waals surface area contributed by atoms with Crippen molar-refractivity contribution in [2.45, 2.75) is 19.8 Å². The molecule has 0 atom stereocenters. The predicted molar refractivity (Wildman–Crippen MR) is 67.8 cm³/mol. The van der Waals surface area contributed by atoms with E-state index in [1.165, 1.54) is 5.56 Å². The van der Waals surface area contributed by atoms with Crippen molar-refractivity contribution in [1.82, 2.24) is 0 Å². The summed E-state index contributed by atoms with van der Waals surface area (Å²) in [6.07, 6.45) is 2.01. The fourth-order valence-electron chi connectivity index (χ4n) is 1.64. The summed E-state index contributed by atoms with van der Waals surface area (Å²) in [4.78, 5) is 2.18. The maximum absolute atomic E-state index is 6.21. The van der Waals surface area contributed by atoms with Crippen LogP contribution in [0.4, 0.5) is 5.69 Å². The highest BCUT2D eigenvalue weighted by Crippen LogP contribution is 2.26. The molecule has 0 saturated heterocycles. The van der Waals surface area contributed by atoms with Crippen LogP contribution in [0, 0.1) is 0 Å². The van der Waals surface area contributed by atoms with Gasteiger partial charge in [-0.15, -0.1) is 0 Å². The molecule has 0 radical (unpaired) electrons. The van der Waals surface area contributed by atoms with Gasteiger partial charge >= 0.3 is 0 Å². The standard InChI is InChI=1S/C12H19ClN2/c1-3-8-15(2)12-5-4-10(6-7-14)9-11(12)13/h4-5,9H,3,6-8,14H2,1-2H3. The Hall–Kier alpha value is -0.730. The summed E-state index contributed by atoms with van der Waals surface area (Å²) >= 11 is 6.21. The summed E-state index contributed by atoms with van der Waals surface area (Å²) in [6, 6.07) is 6.18. The molecule has 0 bridgehead atoms. The molecule has 0 heterocycles. The summed E-state index contributed by atoms with van der Waals surface area (Å²) in [6.45, 7) is 3.85. The van der Waals surface area contributed by atoms with Crippen molar-refractivity contribution in [3.8, 4) is 0 Å². The Morgan fingerprint density at radius 3 is 2.67 bits per heavy atom. The summed E-state index contributed by atoms with van der Waals surface area (Å²) in [7, 11) is 2.06. The second kappa shape index (κ2) is 5.99. The second-order valence-electron chi connectivity index (χ2n) is 3.75. The van der Waals surface area contributed by atoms with Crippen LogP contribution in [0.5, 0.6) is 0 Å². The van der Waals surface area contributed by atoms with Crippen molar-refractivity contribution in [1.29, 1.82) is 0 Å². The first-order valence-corrected chi connectivity index (χ1v) is 5.76. The first kappa shape index (κ1) is 12.3. The molecule has 0 aromatic heterocycles. The van der Waals surface area contributed by atoms with Crippen molar-refractivity contribution in [2.75, 3.05) is 25.0 Å². The van der Waals surface area contributed by atoms with E-state index in [0.29, 0.717) is 6.54 Å². The fourth-order valence-corrected chi connectivity index (χ4v) is 1.99. The van der Waals surface area contributed by atoms with Crippen molar-refractivity contribution >= 4 is 17.3 Å². The first-order chi connectivity index (χ1) is 7.19. The molecular formula is C12H19ClN2. The number of rotatable bonds is 5. The average molecular weight is 227 g/mol. The molecule has 1 aromatic rings. The van der Waals surface area contributed by atoms with Gasteiger partial charge in [0.15, 0.2) is 0 Å². The molecule has 3 heteroatoms. The molecule has 0 aliphatic rings. The van der Waals surface area contributed by atoms with Crippen molar-refractivity contribution in [3.05, 3.63) is 28.8 Å². The number of halogens is 1. The largest absolute Gasteiger partial charge is 0.373 e. The Labute approximate surface area is 97.0 Å². The molecule has 0 spiro atoms. The van der Waals surface area contributed by atoms with Crippen LogP contribution in [0.15, 0.2) is 18.2 Å². The Morgan fingerprint density at radius 1 is 1.40 bits per heavy atom. The van der Waals surface area contributed by atoms with Gasteiger partial charge < -0.3 is 10.6 Å². The van der Waals surface area contributed by atoms with Crippen LogP contribution in [0.25, 0.3) is 0 Å². The molecule has 15 heavy (non-hydrogen) atoms. The molecule has 2 nitrogen and oxygen atoms in total. The number of hydrogen-bond donors (Lipinski definition) is 1. The smallest absolute Gasteiger partial charge is 0.0642 e. The Balaban J connectivity index is 2.82. The summed E-state index contributed by atoms with van der Waals surface area (Å²) in [5.74, 6) is 0. The fraction of sp³-hybridized carbons (Fsp3) is 0.500. The number of hydrogen-bond acceptors (Lipinski definition) is 2. The van der Waals surface area contributed by atoms with Crippen LogP contribution in [0.1, 0.15) is 18.9 Å². The van der Waals surface area contributed by atoms with Gasteiger partial charge in [-0.2, -0.15) is 0 Å². The Kier molecular flexibility index (Phi) is 4.92. The lowest BCUT2D eigenvalue weighted by molar-refractivity contribution is 0.851. The zero-order valence-electron chi connectivity index (χ0n) is 9.46. The van der Waals surface area contributed by atoms with E-state index in [2.05, 4.69) is 31.0 Å². The number of nitrogens with two attached hydrogens (primary N) is 1.